The molecule has 0 aliphatic carbocycles. The molecule has 1 rings (SSSR count). The van der Waals surface area contributed by atoms with Crippen molar-refractivity contribution in [1.82, 2.24) is 0 Å². The molecule has 110 valence electrons. The summed E-state index contributed by atoms with van der Waals surface area (Å²) in [6, 6.07) is 8.44. The molecule has 6 nitrogen and oxygen atoms in total. The predicted molar refractivity (Wildman–Crippen MR) is 77.2 cm³/mol. The van der Waals surface area contributed by atoms with E-state index in [1.165, 1.54) is 0 Å². The van der Waals surface area contributed by atoms with Crippen LogP contribution in [0.15, 0.2) is 30.3 Å². The van der Waals surface area contributed by atoms with Gasteiger partial charge < -0.3 is 4.18 Å². The summed E-state index contributed by atoms with van der Waals surface area (Å²) in [6.45, 7) is 0. The molecular formula is C11H12O6S3. The van der Waals surface area contributed by atoms with E-state index >= 15 is 0 Å². The number of carbonyl (C=O) groups is 1. The normalized spacial score (nSPS) is 11.8. The first-order chi connectivity index (χ1) is 9.24. The number of benzene rings is 1. The molecule has 0 saturated heterocycles. The Morgan fingerprint density at radius 2 is 1.75 bits per heavy atom. The van der Waals surface area contributed by atoms with Gasteiger partial charge in [-0.05, 0) is 5.56 Å². The molecule has 0 heterocycles. The SMILES string of the molecule is O=C(CCS(=O)(=O)Cc1ccccc1)OS(=O)(=O)C=S. The van der Waals surface area contributed by atoms with Crippen LogP contribution in [-0.4, -0.2) is 33.3 Å². The fourth-order valence-corrected chi connectivity index (χ4v) is 3.15. The predicted octanol–water partition coefficient (Wildman–Crippen LogP) is 0.822. The first kappa shape index (κ1) is 16.7. The maximum Gasteiger partial charge on any atom is 0.345 e. The molecule has 0 saturated carbocycles. The number of hydrogen-bond acceptors (Lipinski definition) is 7. The van der Waals surface area contributed by atoms with E-state index in [4.69, 9.17) is 0 Å². The Bertz CT molecular complexity index is 676. The molecule has 0 aromatic heterocycles. The zero-order chi connectivity index (χ0) is 15.2. The van der Waals surface area contributed by atoms with Gasteiger partial charge in [0.05, 0.1) is 17.9 Å². The third-order valence-electron chi connectivity index (χ3n) is 2.17. The highest BCUT2D eigenvalue weighted by Gasteiger charge is 2.18. The van der Waals surface area contributed by atoms with Gasteiger partial charge in [-0.15, -0.1) is 0 Å². The van der Waals surface area contributed by atoms with Crippen LogP contribution in [0.25, 0.3) is 0 Å². The molecule has 20 heavy (non-hydrogen) atoms. The lowest BCUT2D eigenvalue weighted by Crippen LogP contribution is -2.18. The van der Waals surface area contributed by atoms with Crippen molar-refractivity contribution in [3.63, 3.8) is 0 Å². The van der Waals surface area contributed by atoms with E-state index < -0.39 is 38.1 Å². The van der Waals surface area contributed by atoms with Crippen molar-refractivity contribution in [3.05, 3.63) is 35.9 Å². The van der Waals surface area contributed by atoms with Gasteiger partial charge in [0.15, 0.2) is 9.84 Å². The molecule has 1 aromatic rings. The molecule has 1 aromatic carbocycles. The van der Waals surface area contributed by atoms with Gasteiger partial charge in [0, 0.05) is 0 Å². The summed E-state index contributed by atoms with van der Waals surface area (Å²) in [4.78, 5) is 11.2. The fraction of sp³-hybridized carbons (Fsp3) is 0.273. The Hall–Kier alpha value is -1.32. The van der Waals surface area contributed by atoms with Gasteiger partial charge in [0.1, 0.15) is 4.70 Å². The van der Waals surface area contributed by atoms with Gasteiger partial charge in [-0.25, -0.2) is 8.42 Å². The average Bonchev–Trinajstić information content (AvgIpc) is 2.37. The standard InChI is InChI=1S/C11H12O6S3/c12-11(17-20(15,16)9-18)6-7-19(13,14)8-10-4-2-1-3-5-10/h1-5,9H,6-8H2. The van der Waals surface area contributed by atoms with Crippen LogP contribution in [0.3, 0.4) is 0 Å². The van der Waals surface area contributed by atoms with Crippen LogP contribution in [0.4, 0.5) is 0 Å². The first-order valence-electron chi connectivity index (χ1n) is 5.41. The van der Waals surface area contributed by atoms with Crippen LogP contribution in [0.1, 0.15) is 12.0 Å². The number of hydrogen-bond donors (Lipinski definition) is 0. The third kappa shape index (κ3) is 6.22. The monoisotopic (exact) mass is 336 g/mol. The minimum absolute atomic E-state index is 0.221. The lowest BCUT2D eigenvalue weighted by Gasteiger charge is -2.04. The molecule has 0 bridgehead atoms. The second kappa shape index (κ2) is 6.91. The minimum Gasteiger partial charge on any atom is -0.342 e. The topological polar surface area (TPSA) is 94.6 Å². The highest BCUT2D eigenvalue weighted by Crippen LogP contribution is 2.08. The van der Waals surface area contributed by atoms with Gasteiger partial charge in [0.2, 0.25) is 0 Å². The zero-order valence-corrected chi connectivity index (χ0v) is 12.7. The fourth-order valence-electron chi connectivity index (χ4n) is 1.33. The highest BCUT2D eigenvalue weighted by atomic mass is 32.2. The second-order valence-corrected chi connectivity index (χ2v) is 7.98. The number of carbonyl (C=O) groups excluding carboxylic acids is 1. The van der Waals surface area contributed by atoms with E-state index in [-0.39, 0.29) is 5.75 Å². The minimum atomic E-state index is -4.20. The van der Waals surface area contributed by atoms with Crippen molar-refractivity contribution < 1.29 is 25.8 Å². The van der Waals surface area contributed by atoms with Gasteiger partial charge in [-0.3, -0.25) is 4.79 Å². The summed E-state index contributed by atoms with van der Waals surface area (Å²) in [6.07, 6.45) is -0.544. The molecule has 0 atom stereocenters. The Labute approximate surface area is 122 Å². The van der Waals surface area contributed by atoms with Gasteiger partial charge >= 0.3 is 16.1 Å². The molecule has 0 fully saturated rings. The Morgan fingerprint density at radius 1 is 1.15 bits per heavy atom. The van der Waals surface area contributed by atoms with Crippen LogP contribution in [0, 0.1) is 0 Å². The Kier molecular flexibility index (Phi) is 5.78. The lowest BCUT2D eigenvalue weighted by atomic mass is 10.2. The highest BCUT2D eigenvalue weighted by molar-refractivity contribution is 8.12. The maximum atomic E-state index is 11.8. The maximum absolute atomic E-state index is 11.8. The summed E-state index contributed by atoms with van der Waals surface area (Å²) in [7, 11) is -7.72. The van der Waals surface area contributed by atoms with Crippen molar-refractivity contribution in [1.29, 1.82) is 0 Å². The number of sulfone groups is 1. The van der Waals surface area contributed by atoms with E-state index in [0.717, 1.165) is 0 Å². The summed E-state index contributed by atoms with van der Waals surface area (Å²) in [5.41, 5.74) is 0.590. The molecule has 0 radical (unpaired) electrons. The van der Waals surface area contributed by atoms with E-state index in [1.807, 2.05) is 0 Å². The third-order valence-corrected chi connectivity index (χ3v) is 5.13. The largest absolute Gasteiger partial charge is 0.345 e. The van der Waals surface area contributed by atoms with E-state index in [2.05, 4.69) is 16.4 Å². The van der Waals surface area contributed by atoms with Crippen LogP contribution in [0.5, 0.6) is 0 Å². The Balaban J connectivity index is 2.56. The van der Waals surface area contributed by atoms with Crippen molar-refractivity contribution in [2.75, 3.05) is 5.75 Å². The van der Waals surface area contributed by atoms with Crippen LogP contribution >= 0.6 is 12.2 Å². The number of rotatable bonds is 7. The molecule has 0 amide bonds. The smallest absolute Gasteiger partial charge is 0.342 e. The van der Waals surface area contributed by atoms with E-state index in [0.29, 0.717) is 10.3 Å². The quantitative estimate of drug-likeness (QED) is 0.537. The van der Waals surface area contributed by atoms with Crippen molar-refractivity contribution in [2.45, 2.75) is 12.2 Å². The molecular weight excluding hydrogens is 324 g/mol. The van der Waals surface area contributed by atoms with Crippen LogP contribution in [-0.2, 0) is 34.7 Å². The van der Waals surface area contributed by atoms with Crippen molar-refractivity contribution >= 4 is 42.8 Å². The van der Waals surface area contributed by atoms with Crippen molar-refractivity contribution in [3.8, 4) is 0 Å². The molecule has 9 heteroatoms. The summed E-state index contributed by atoms with van der Waals surface area (Å²) in [5, 5.41) is 0. The van der Waals surface area contributed by atoms with Crippen LogP contribution in [0.2, 0.25) is 0 Å². The summed E-state index contributed by atoms with van der Waals surface area (Å²) >= 11 is 4.14. The van der Waals surface area contributed by atoms with Gasteiger partial charge in [-0.2, -0.15) is 8.42 Å². The van der Waals surface area contributed by atoms with E-state index in [1.54, 1.807) is 30.3 Å². The zero-order valence-electron chi connectivity index (χ0n) is 10.3. The summed E-state index contributed by atoms with van der Waals surface area (Å²) < 4.78 is 49.6. The molecule has 0 unspecified atom stereocenters. The van der Waals surface area contributed by atoms with E-state index in [9.17, 15) is 21.6 Å². The molecule has 0 aliphatic heterocycles. The van der Waals surface area contributed by atoms with Gasteiger partial charge in [-0.1, -0.05) is 42.5 Å². The number of thiocarbonyl (C=S) groups is 1. The molecule has 0 aliphatic rings. The summed E-state index contributed by atoms with van der Waals surface area (Å²) in [5.74, 6) is -1.86. The second-order valence-electron chi connectivity index (χ2n) is 3.87. The molecule has 0 N–H and O–H groups in total. The van der Waals surface area contributed by atoms with Gasteiger partial charge in [0.25, 0.3) is 0 Å². The first-order valence-corrected chi connectivity index (χ1v) is 9.17. The molecule has 0 spiro atoms. The Morgan fingerprint density at radius 3 is 2.30 bits per heavy atom. The van der Waals surface area contributed by atoms with Crippen LogP contribution < -0.4 is 0 Å². The average molecular weight is 336 g/mol. The van der Waals surface area contributed by atoms with Crippen molar-refractivity contribution in [2.24, 2.45) is 0 Å². The lowest BCUT2D eigenvalue weighted by molar-refractivity contribution is -0.133.